The van der Waals surface area contributed by atoms with Crippen LogP contribution < -0.4 is 4.90 Å². The Labute approximate surface area is 212 Å². The van der Waals surface area contributed by atoms with Crippen LogP contribution in [0.5, 0.6) is 0 Å². The van der Waals surface area contributed by atoms with Gasteiger partial charge in [0.05, 0.1) is 5.56 Å². The van der Waals surface area contributed by atoms with Crippen LogP contribution in [0.1, 0.15) is 55.2 Å². The minimum Gasteiger partial charge on any atom is -0.369 e. The molecule has 0 N–H and O–H groups in total. The molecule has 1 aliphatic carbocycles. The summed E-state index contributed by atoms with van der Waals surface area (Å²) in [5.74, 6) is 1.52. The summed E-state index contributed by atoms with van der Waals surface area (Å²) in [6.45, 7) is 5.86. The Kier molecular flexibility index (Phi) is 7.56. The summed E-state index contributed by atoms with van der Waals surface area (Å²) in [6.07, 6.45) is 2.22. The van der Waals surface area contributed by atoms with Gasteiger partial charge in [-0.15, -0.1) is 0 Å². The molecule has 0 unspecified atom stereocenters. The summed E-state index contributed by atoms with van der Waals surface area (Å²) in [7, 11) is 0. The third-order valence-corrected chi connectivity index (χ3v) is 8.39. The monoisotopic (exact) mass is 499 g/mol. The fraction of sp³-hybridized carbons (Fsp3) is 0.552. The molecule has 1 saturated carbocycles. The molecule has 2 aliphatic heterocycles. The zero-order valence-corrected chi connectivity index (χ0v) is 20.8. The van der Waals surface area contributed by atoms with Gasteiger partial charge in [0, 0.05) is 51.4 Å². The fourth-order valence-corrected chi connectivity index (χ4v) is 6.08. The number of carbonyl (C=O) groups excluding carboxylic acids is 1. The number of fused-ring (bicyclic) bond motifs is 1. The highest BCUT2D eigenvalue weighted by Gasteiger charge is 2.31. The Balaban J connectivity index is 0.998. The molecule has 194 valence electrons. The molecule has 4 nitrogen and oxygen atoms in total. The van der Waals surface area contributed by atoms with E-state index < -0.39 is 11.7 Å². The topological polar surface area (TPSA) is 26.8 Å². The van der Waals surface area contributed by atoms with Crippen molar-refractivity contribution in [3.63, 3.8) is 0 Å². The lowest BCUT2D eigenvalue weighted by molar-refractivity contribution is -0.137. The van der Waals surface area contributed by atoms with Crippen LogP contribution in [-0.2, 0) is 24.1 Å². The van der Waals surface area contributed by atoms with Crippen molar-refractivity contribution in [3.05, 3.63) is 65.2 Å². The average Bonchev–Trinajstić information content (AvgIpc) is 3.33. The minimum absolute atomic E-state index is 0.299. The number of halogens is 3. The number of anilines is 1. The SMILES string of the molecule is O=C(CC1CCC(CCN2CCN(c3cccc(C(F)(F)F)c3)CC2)CC1)N1Cc2ccccc2C1. The number of piperazine rings is 1. The summed E-state index contributed by atoms with van der Waals surface area (Å²) in [6, 6.07) is 14.0. The highest BCUT2D eigenvalue weighted by molar-refractivity contribution is 5.77. The van der Waals surface area contributed by atoms with Crippen LogP contribution in [0.15, 0.2) is 48.5 Å². The van der Waals surface area contributed by atoms with Gasteiger partial charge in [-0.1, -0.05) is 43.2 Å². The molecule has 1 amide bonds. The van der Waals surface area contributed by atoms with E-state index in [1.54, 1.807) is 6.07 Å². The van der Waals surface area contributed by atoms with Crippen molar-refractivity contribution >= 4 is 11.6 Å². The van der Waals surface area contributed by atoms with E-state index in [4.69, 9.17) is 0 Å². The Bertz CT molecular complexity index is 1020. The summed E-state index contributed by atoms with van der Waals surface area (Å²) in [5.41, 5.74) is 2.65. The second kappa shape index (κ2) is 10.8. The summed E-state index contributed by atoms with van der Waals surface area (Å²) < 4.78 is 39.1. The van der Waals surface area contributed by atoms with Crippen molar-refractivity contribution < 1.29 is 18.0 Å². The third-order valence-electron chi connectivity index (χ3n) is 8.39. The van der Waals surface area contributed by atoms with E-state index in [0.29, 0.717) is 29.9 Å². The molecule has 0 aromatic heterocycles. The van der Waals surface area contributed by atoms with Crippen LogP contribution in [0.3, 0.4) is 0 Å². The van der Waals surface area contributed by atoms with Gasteiger partial charge in [0.2, 0.25) is 5.91 Å². The molecule has 3 aliphatic rings. The molecule has 36 heavy (non-hydrogen) atoms. The number of nitrogens with zero attached hydrogens (tertiary/aromatic N) is 3. The van der Waals surface area contributed by atoms with Crippen molar-refractivity contribution in [2.24, 2.45) is 11.8 Å². The van der Waals surface area contributed by atoms with E-state index in [-0.39, 0.29) is 0 Å². The standard InChI is InChI=1S/C29H36F3N3O/c30-29(31,32)26-6-3-7-27(19-26)34-16-14-33(15-17-34)13-12-22-8-10-23(11-9-22)18-28(36)35-20-24-4-1-2-5-25(24)21-35/h1-7,19,22-23H,8-18,20-21H2. The van der Waals surface area contributed by atoms with Crippen molar-refractivity contribution in [3.8, 4) is 0 Å². The van der Waals surface area contributed by atoms with Gasteiger partial charge >= 0.3 is 6.18 Å². The van der Waals surface area contributed by atoms with Gasteiger partial charge in [-0.25, -0.2) is 0 Å². The molecule has 2 aromatic rings. The second-order valence-electron chi connectivity index (χ2n) is 10.8. The maximum Gasteiger partial charge on any atom is 0.416 e. The molecule has 0 radical (unpaired) electrons. The third kappa shape index (κ3) is 6.05. The second-order valence-corrected chi connectivity index (χ2v) is 10.8. The first-order valence-corrected chi connectivity index (χ1v) is 13.3. The fourth-order valence-electron chi connectivity index (χ4n) is 6.08. The molecule has 0 bridgehead atoms. The minimum atomic E-state index is -4.30. The van der Waals surface area contributed by atoms with Crippen LogP contribution >= 0.6 is 0 Å². The van der Waals surface area contributed by atoms with Crippen LogP contribution in [-0.4, -0.2) is 48.4 Å². The number of amides is 1. The lowest BCUT2D eigenvalue weighted by atomic mass is 9.79. The van der Waals surface area contributed by atoms with Crippen LogP contribution in [0.25, 0.3) is 0 Å². The van der Waals surface area contributed by atoms with Gasteiger partial charge in [-0.2, -0.15) is 13.2 Å². The van der Waals surface area contributed by atoms with Gasteiger partial charge in [0.1, 0.15) is 0 Å². The van der Waals surface area contributed by atoms with Crippen LogP contribution in [0.4, 0.5) is 18.9 Å². The van der Waals surface area contributed by atoms with Crippen LogP contribution in [0, 0.1) is 11.8 Å². The smallest absolute Gasteiger partial charge is 0.369 e. The Morgan fingerprint density at radius 3 is 2.11 bits per heavy atom. The number of carbonyl (C=O) groups is 1. The zero-order chi connectivity index (χ0) is 25.1. The molecule has 0 spiro atoms. The van der Waals surface area contributed by atoms with E-state index in [1.165, 1.54) is 42.5 Å². The lowest BCUT2D eigenvalue weighted by Crippen LogP contribution is -2.47. The molecule has 1 saturated heterocycles. The predicted molar refractivity (Wildman–Crippen MR) is 135 cm³/mol. The van der Waals surface area contributed by atoms with Gasteiger partial charge < -0.3 is 9.80 Å². The van der Waals surface area contributed by atoms with Crippen molar-refractivity contribution in [2.45, 2.75) is 57.8 Å². The number of rotatable bonds is 6. The van der Waals surface area contributed by atoms with Crippen molar-refractivity contribution in [1.29, 1.82) is 0 Å². The van der Waals surface area contributed by atoms with Gasteiger partial charge in [0.25, 0.3) is 0 Å². The zero-order valence-electron chi connectivity index (χ0n) is 20.8. The largest absolute Gasteiger partial charge is 0.416 e. The number of benzene rings is 2. The Morgan fingerprint density at radius 1 is 0.833 bits per heavy atom. The summed E-state index contributed by atoms with van der Waals surface area (Å²) >= 11 is 0. The number of alkyl halides is 3. The van der Waals surface area contributed by atoms with Gasteiger partial charge in [-0.05, 0) is 67.0 Å². The van der Waals surface area contributed by atoms with E-state index in [2.05, 4.69) is 21.9 Å². The molecule has 2 heterocycles. The molecule has 0 atom stereocenters. The van der Waals surface area contributed by atoms with Crippen LogP contribution in [0.2, 0.25) is 0 Å². The average molecular weight is 500 g/mol. The van der Waals surface area contributed by atoms with Gasteiger partial charge in [-0.3, -0.25) is 9.69 Å². The lowest BCUT2D eigenvalue weighted by Gasteiger charge is -2.37. The number of hydrogen-bond acceptors (Lipinski definition) is 3. The van der Waals surface area contributed by atoms with E-state index in [0.717, 1.165) is 64.7 Å². The Morgan fingerprint density at radius 2 is 1.47 bits per heavy atom. The molecule has 7 heteroatoms. The summed E-state index contributed by atoms with van der Waals surface area (Å²) in [4.78, 5) is 19.4. The molecule has 5 rings (SSSR count). The molecular weight excluding hydrogens is 463 g/mol. The Hall–Kier alpha value is -2.54. The van der Waals surface area contributed by atoms with E-state index in [9.17, 15) is 18.0 Å². The van der Waals surface area contributed by atoms with E-state index >= 15 is 0 Å². The van der Waals surface area contributed by atoms with Crippen molar-refractivity contribution in [1.82, 2.24) is 9.80 Å². The quantitative estimate of drug-likeness (QED) is 0.491. The maximum absolute atomic E-state index is 13.0. The highest BCUT2D eigenvalue weighted by Crippen LogP contribution is 2.35. The van der Waals surface area contributed by atoms with Crippen molar-refractivity contribution in [2.75, 3.05) is 37.6 Å². The van der Waals surface area contributed by atoms with E-state index in [1.807, 2.05) is 17.0 Å². The molecule has 2 aromatic carbocycles. The highest BCUT2D eigenvalue weighted by atomic mass is 19.4. The predicted octanol–water partition coefficient (Wildman–Crippen LogP) is 5.96. The number of hydrogen-bond donors (Lipinski definition) is 0. The molecular formula is C29H36F3N3O. The van der Waals surface area contributed by atoms with Gasteiger partial charge in [0.15, 0.2) is 0 Å². The first kappa shape index (κ1) is 25.1. The normalized spacial score (nSPS) is 23.1. The first-order valence-electron chi connectivity index (χ1n) is 13.3. The maximum atomic E-state index is 13.0. The molecule has 2 fully saturated rings. The first-order chi connectivity index (χ1) is 17.3. The summed E-state index contributed by atoms with van der Waals surface area (Å²) in [5, 5.41) is 0.